The summed E-state index contributed by atoms with van der Waals surface area (Å²) in [6.45, 7) is 4.73. The number of furan rings is 2. The van der Waals surface area contributed by atoms with Crippen molar-refractivity contribution in [2.75, 3.05) is 0 Å². The van der Waals surface area contributed by atoms with Crippen LogP contribution in [0, 0.1) is 11.8 Å². The fourth-order valence-electron chi connectivity index (χ4n) is 13.3. The first-order valence-electron chi connectivity index (χ1n) is 27.1. The predicted octanol–water partition coefficient (Wildman–Crippen LogP) is 19.7. The summed E-state index contributed by atoms with van der Waals surface area (Å²) in [7, 11) is 0. The summed E-state index contributed by atoms with van der Waals surface area (Å²) >= 11 is 0. The van der Waals surface area contributed by atoms with Gasteiger partial charge in [-0.25, -0.2) is 0 Å². The lowest BCUT2D eigenvalue weighted by atomic mass is 9.78. The van der Waals surface area contributed by atoms with Crippen LogP contribution in [0.3, 0.4) is 0 Å². The maximum atomic E-state index is 6.85. The molecule has 4 aromatic heterocycles. The van der Waals surface area contributed by atoms with Crippen LogP contribution in [0.5, 0.6) is 0 Å². The second-order valence-electron chi connectivity index (χ2n) is 21.3. The van der Waals surface area contributed by atoms with E-state index in [0.717, 1.165) is 90.4 Å². The summed E-state index contributed by atoms with van der Waals surface area (Å²) in [5.74, 6) is 0.0421. The van der Waals surface area contributed by atoms with E-state index >= 15 is 0 Å². The SMILES string of the molecule is CCC1C(c2ccc3oc4ccccc4c3c2)=CCC(C)C(c2cc3c(cc2-n2c4cc5ccccc5cc4c4cc5ccccc5cc42)oc2ccccc23)=NC1c1ccc2c3ccccc3n(-c3ccccc3)c2c1. The molecular weight excluding hydrogens is 939 g/mol. The van der Waals surface area contributed by atoms with E-state index in [1.165, 1.54) is 70.8 Å². The standard InChI is InChI=1S/C72H51N3O2/c1-3-51-52(48-31-34-69-59(37-48)55-24-12-15-27-67(55)76-69)32-29-43(2)71(73-72(51)49-30-33-54-53-23-11-14-26-62(53)74(63(54)40-49)50-21-5-4-6-22-50)61-41-60-56-25-13-16-28-68(56)77-70(60)42-66(61)75-64-38-46-19-9-7-17-44(46)35-57(64)58-36-45-18-8-10-20-47(45)39-65(58)75/h4-28,30-43,51,72H,3,29H2,1-2H3. The number of para-hydroxylation sites is 4. The Labute approximate surface area is 444 Å². The first-order chi connectivity index (χ1) is 38.0. The van der Waals surface area contributed by atoms with E-state index in [4.69, 9.17) is 13.8 Å². The van der Waals surface area contributed by atoms with E-state index in [1.807, 2.05) is 0 Å². The van der Waals surface area contributed by atoms with Gasteiger partial charge in [0.2, 0.25) is 0 Å². The summed E-state index contributed by atoms with van der Waals surface area (Å²) in [6, 6.07) is 82.0. The van der Waals surface area contributed by atoms with Gasteiger partial charge in [0.05, 0.1) is 33.8 Å². The molecule has 0 saturated carbocycles. The molecule has 77 heavy (non-hydrogen) atoms. The summed E-state index contributed by atoms with van der Waals surface area (Å²) in [4.78, 5) is 6.36. The molecule has 3 atom stereocenters. The van der Waals surface area contributed by atoms with Crippen molar-refractivity contribution in [2.24, 2.45) is 16.8 Å². The van der Waals surface area contributed by atoms with Gasteiger partial charge in [-0.15, -0.1) is 0 Å². The average Bonchev–Trinajstić information content (AvgIpc) is 4.44. The number of hydrogen-bond donors (Lipinski definition) is 0. The Bertz CT molecular complexity index is 4890. The first-order valence-corrected chi connectivity index (χ1v) is 27.1. The van der Waals surface area contributed by atoms with E-state index in [9.17, 15) is 0 Å². The third-order valence-corrected chi connectivity index (χ3v) is 16.9. The second-order valence-corrected chi connectivity index (χ2v) is 21.3. The molecule has 366 valence electrons. The van der Waals surface area contributed by atoms with Crippen molar-refractivity contribution in [2.45, 2.75) is 32.7 Å². The Hall–Kier alpha value is -9.45. The zero-order valence-corrected chi connectivity index (χ0v) is 42.7. The molecule has 0 N–H and O–H groups in total. The lowest BCUT2D eigenvalue weighted by Crippen LogP contribution is -2.23. The fourth-order valence-corrected chi connectivity index (χ4v) is 13.3. The number of aromatic nitrogens is 2. The minimum atomic E-state index is -0.261. The van der Waals surface area contributed by atoms with Crippen molar-refractivity contribution >= 4 is 120 Å². The van der Waals surface area contributed by atoms with Gasteiger partial charge in [0, 0.05) is 78.0 Å². The fraction of sp³-hybridized carbons (Fsp3) is 0.0972. The molecule has 16 rings (SSSR count). The number of benzene rings is 11. The number of hydrogen-bond acceptors (Lipinski definition) is 3. The van der Waals surface area contributed by atoms with Crippen LogP contribution in [0.1, 0.15) is 49.4 Å². The zero-order valence-electron chi connectivity index (χ0n) is 42.7. The molecule has 0 saturated heterocycles. The summed E-state index contributed by atoms with van der Waals surface area (Å²) < 4.78 is 18.2. The maximum absolute atomic E-state index is 6.85. The van der Waals surface area contributed by atoms with Crippen LogP contribution in [0.2, 0.25) is 0 Å². The Morgan fingerprint density at radius 2 is 1.00 bits per heavy atom. The van der Waals surface area contributed by atoms with Crippen LogP contribution in [0.4, 0.5) is 0 Å². The van der Waals surface area contributed by atoms with Crippen LogP contribution in [0.25, 0.3) is 126 Å². The van der Waals surface area contributed by atoms with Crippen molar-refractivity contribution in [3.05, 3.63) is 247 Å². The van der Waals surface area contributed by atoms with E-state index in [1.54, 1.807) is 0 Å². The monoisotopic (exact) mass is 989 g/mol. The van der Waals surface area contributed by atoms with E-state index < -0.39 is 0 Å². The predicted molar refractivity (Wildman–Crippen MR) is 322 cm³/mol. The second kappa shape index (κ2) is 17.0. The van der Waals surface area contributed by atoms with Crippen molar-refractivity contribution in [3.63, 3.8) is 0 Å². The Morgan fingerprint density at radius 1 is 0.442 bits per heavy atom. The Balaban J connectivity index is 0.994. The molecule has 1 aliphatic rings. The van der Waals surface area contributed by atoms with Crippen LogP contribution < -0.4 is 0 Å². The van der Waals surface area contributed by atoms with Gasteiger partial charge >= 0.3 is 0 Å². The highest BCUT2D eigenvalue weighted by atomic mass is 16.3. The van der Waals surface area contributed by atoms with Gasteiger partial charge in [-0.05, 0) is 130 Å². The Morgan fingerprint density at radius 3 is 1.69 bits per heavy atom. The first kappa shape index (κ1) is 43.9. The quantitative estimate of drug-likeness (QED) is 0.167. The van der Waals surface area contributed by atoms with Gasteiger partial charge in [-0.3, -0.25) is 4.99 Å². The van der Waals surface area contributed by atoms with E-state index in [-0.39, 0.29) is 17.9 Å². The van der Waals surface area contributed by atoms with Crippen LogP contribution in [0.15, 0.2) is 244 Å². The highest BCUT2D eigenvalue weighted by Crippen LogP contribution is 2.47. The molecule has 1 aliphatic heterocycles. The molecule has 15 aromatic rings. The molecule has 0 aliphatic carbocycles. The van der Waals surface area contributed by atoms with Gasteiger partial charge in [-0.2, -0.15) is 0 Å². The molecule has 3 unspecified atom stereocenters. The van der Waals surface area contributed by atoms with Gasteiger partial charge in [0.1, 0.15) is 22.3 Å². The minimum Gasteiger partial charge on any atom is -0.456 e. The van der Waals surface area contributed by atoms with Gasteiger partial charge in [0.15, 0.2) is 0 Å². The number of aliphatic imine (C=N–C) groups is 1. The number of fused-ring (bicyclic) bond motifs is 14. The van der Waals surface area contributed by atoms with Crippen molar-refractivity contribution in [3.8, 4) is 11.4 Å². The summed E-state index contributed by atoms with van der Waals surface area (Å²) in [5.41, 5.74) is 16.3. The van der Waals surface area contributed by atoms with E-state index in [2.05, 4.69) is 254 Å². The Kier molecular flexibility index (Phi) is 9.71. The molecule has 0 fully saturated rings. The number of allylic oxidation sites excluding steroid dienone is 1. The van der Waals surface area contributed by atoms with Crippen molar-refractivity contribution in [1.82, 2.24) is 9.13 Å². The molecule has 5 heteroatoms. The topological polar surface area (TPSA) is 48.5 Å². The normalized spacial score (nSPS) is 16.5. The maximum Gasteiger partial charge on any atom is 0.137 e. The molecular formula is C72H51N3O2. The van der Waals surface area contributed by atoms with E-state index in [0.29, 0.717) is 0 Å². The molecule has 0 spiro atoms. The molecule has 11 aromatic carbocycles. The van der Waals surface area contributed by atoms with Gasteiger partial charge in [-0.1, -0.05) is 159 Å². The summed E-state index contributed by atoms with van der Waals surface area (Å²) in [6.07, 6.45) is 4.22. The highest BCUT2D eigenvalue weighted by Gasteiger charge is 2.33. The minimum absolute atomic E-state index is 0.0207. The van der Waals surface area contributed by atoms with Gasteiger partial charge in [0.25, 0.3) is 0 Å². The van der Waals surface area contributed by atoms with Crippen molar-refractivity contribution in [1.29, 1.82) is 0 Å². The van der Waals surface area contributed by atoms with Gasteiger partial charge < -0.3 is 18.0 Å². The number of nitrogens with zero attached hydrogens (tertiary/aromatic N) is 3. The smallest absolute Gasteiger partial charge is 0.137 e. The third-order valence-electron chi connectivity index (χ3n) is 16.9. The van der Waals surface area contributed by atoms with Crippen molar-refractivity contribution < 1.29 is 8.83 Å². The lowest BCUT2D eigenvalue weighted by molar-refractivity contribution is 0.514. The van der Waals surface area contributed by atoms with Crippen LogP contribution in [-0.2, 0) is 0 Å². The molecule has 0 amide bonds. The van der Waals surface area contributed by atoms with Crippen LogP contribution >= 0.6 is 0 Å². The largest absolute Gasteiger partial charge is 0.456 e. The lowest BCUT2D eigenvalue weighted by Gasteiger charge is -2.32. The summed E-state index contributed by atoms with van der Waals surface area (Å²) in [5, 5.41) is 14.2. The molecule has 0 bridgehead atoms. The number of rotatable bonds is 6. The average molecular weight is 990 g/mol. The third kappa shape index (κ3) is 6.76. The zero-order chi connectivity index (χ0) is 50.9. The molecule has 0 radical (unpaired) electrons. The molecule has 5 nitrogen and oxygen atoms in total. The van der Waals surface area contributed by atoms with Crippen LogP contribution in [-0.4, -0.2) is 14.8 Å². The molecule has 5 heterocycles. The highest BCUT2D eigenvalue weighted by molar-refractivity contribution is 6.19.